The van der Waals surface area contributed by atoms with Gasteiger partial charge in [-0.1, -0.05) is 12.8 Å². The number of carbonyl (C=O) groups is 1. The maximum atomic E-state index is 13.0. The van der Waals surface area contributed by atoms with E-state index in [-0.39, 0.29) is 12.0 Å². The minimum atomic E-state index is -0.410. The van der Waals surface area contributed by atoms with Gasteiger partial charge in [0.2, 0.25) is 0 Å². The minimum absolute atomic E-state index is 0.00528. The van der Waals surface area contributed by atoms with Gasteiger partial charge in [0.1, 0.15) is 11.6 Å². The lowest BCUT2D eigenvalue weighted by molar-refractivity contribution is -0.165. The Morgan fingerprint density at radius 3 is 2.43 bits per heavy atom. The third kappa shape index (κ3) is 4.08. The monoisotopic (exact) mass is 323 g/mol. The van der Waals surface area contributed by atoms with E-state index in [0.717, 1.165) is 32.4 Å². The highest BCUT2D eigenvalue weighted by Gasteiger charge is 2.45. The van der Waals surface area contributed by atoms with E-state index in [0.29, 0.717) is 18.1 Å². The molecule has 4 nitrogen and oxygen atoms in total. The van der Waals surface area contributed by atoms with Crippen molar-refractivity contribution in [3.05, 3.63) is 0 Å². The number of esters is 1. The van der Waals surface area contributed by atoms with Crippen molar-refractivity contribution in [2.45, 2.75) is 95.9 Å². The van der Waals surface area contributed by atoms with Gasteiger partial charge in [-0.05, 0) is 71.8 Å². The Labute approximate surface area is 140 Å². The molecule has 0 spiro atoms. The molecule has 1 aliphatic carbocycles. The summed E-state index contributed by atoms with van der Waals surface area (Å²) in [4.78, 5) is 15.4. The molecular weight excluding hydrogens is 290 g/mol. The Morgan fingerprint density at radius 2 is 1.83 bits per heavy atom. The summed E-state index contributed by atoms with van der Waals surface area (Å²) in [5.74, 6) is 0.459. The Kier molecular flexibility index (Phi) is 5.32. The summed E-state index contributed by atoms with van der Waals surface area (Å²) in [6.07, 6.45) is 9.81. The molecule has 0 radical (unpaired) electrons. The molecule has 23 heavy (non-hydrogen) atoms. The van der Waals surface area contributed by atoms with Gasteiger partial charge in [-0.3, -0.25) is 9.69 Å². The molecule has 2 saturated heterocycles. The summed E-state index contributed by atoms with van der Waals surface area (Å²) in [5.41, 5.74) is -0.410. The number of ether oxygens (including phenoxy) is 2. The van der Waals surface area contributed by atoms with Crippen LogP contribution in [0.3, 0.4) is 0 Å². The lowest BCUT2D eigenvalue weighted by Gasteiger charge is -2.38. The molecule has 3 atom stereocenters. The summed E-state index contributed by atoms with van der Waals surface area (Å²) in [6, 6.07) is 0.351. The van der Waals surface area contributed by atoms with Crippen molar-refractivity contribution in [1.82, 2.24) is 4.90 Å². The van der Waals surface area contributed by atoms with Gasteiger partial charge >= 0.3 is 5.97 Å². The second-order valence-electron chi connectivity index (χ2n) is 8.52. The molecule has 0 aromatic carbocycles. The van der Waals surface area contributed by atoms with Crippen molar-refractivity contribution in [3.8, 4) is 0 Å². The Bertz CT molecular complexity index is 405. The zero-order valence-corrected chi connectivity index (χ0v) is 15.1. The fraction of sp³-hybridized carbons (Fsp3) is 0.947. The van der Waals surface area contributed by atoms with Crippen LogP contribution in [0.15, 0.2) is 0 Å². The summed E-state index contributed by atoms with van der Waals surface area (Å²) < 4.78 is 11.8. The van der Waals surface area contributed by atoms with E-state index in [4.69, 9.17) is 9.47 Å². The average Bonchev–Trinajstić information content (AvgIpc) is 3.20. The van der Waals surface area contributed by atoms with Gasteiger partial charge in [-0.15, -0.1) is 0 Å². The first-order valence-electron chi connectivity index (χ1n) is 9.56. The van der Waals surface area contributed by atoms with Gasteiger partial charge < -0.3 is 9.47 Å². The molecule has 2 heterocycles. The fourth-order valence-electron chi connectivity index (χ4n) is 4.70. The van der Waals surface area contributed by atoms with Crippen molar-refractivity contribution in [1.29, 1.82) is 0 Å². The molecule has 0 unspecified atom stereocenters. The number of likely N-dealkylation sites (tertiary alicyclic amines) is 1. The lowest BCUT2D eigenvalue weighted by Crippen LogP contribution is -2.53. The lowest BCUT2D eigenvalue weighted by atomic mass is 9.94. The van der Waals surface area contributed by atoms with Crippen LogP contribution in [0.1, 0.15) is 72.1 Å². The molecule has 4 heteroatoms. The maximum absolute atomic E-state index is 13.0. The van der Waals surface area contributed by atoms with Crippen LogP contribution in [0.5, 0.6) is 0 Å². The molecule has 3 aliphatic rings. The second kappa shape index (κ2) is 7.10. The molecule has 3 fully saturated rings. The quantitative estimate of drug-likeness (QED) is 0.742. The Balaban J connectivity index is 1.77. The summed E-state index contributed by atoms with van der Waals surface area (Å²) in [7, 11) is 0. The largest absolute Gasteiger partial charge is 0.459 e. The van der Waals surface area contributed by atoms with E-state index < -0.39 is 5.60 Å². The summed E-state index contributed by atoms with van der Waals surface area (Å²) in [5, 5.41) is 0. The van der Waals surface area contributed by atoms with Crippen molar-refractivity contribution >= 4 is 5.97 Å². The highest BCUT2D eigenvalue weighted by atomic mass is 16.6. The predicted octanol–water partition coefficient (Wildman–Crippen LogP) is 3.53. The van der Waals surface area contributed by atoms with E-state index >= 15 is 0 Å². The van der Waals surface area contributed by atoms with E-state index in [2.05, 4.69) is 4.90 Å². The highest BCUT2D eigenvalue weighted by Crippen LogP contribution is 2.37. The molecule has 2 aliphatic heterocycles. The molecule has 0 amide bonds. The van der Waals surface area contributed by atoms with Crippen molar-refractivity contribution in [2.24, 2.45) is 5.92 Å². The zero-order chi connectivity index (χ0) is 16.4. The van der Waals surface area contributed by atoms with Gasteiger partial charge in [0.05, 0.1) is 6.10 Å². The molecule has 132 valence electrons. The second-order valence-corrected chi connectivity index (χ2v) is 8.52. The molecular formula is C19H33NO3. The van der Waals surface area contributed by atoms with Crippen LogP contribution >= 0.6 is 0 Å². The molecule has 0 N–H and O–H groups in total. The van der Waals surface area contributed by atoms with Gasteiger partial charge in [-0.2, -0.15) is 0 Å². The number of nitrogens with zero attached hydrogens (tertiary/aromatic N) is 1. The first-order chi connectivity index (χ1) is 11.0. The van der Waals surface area contributed by atoms with Crippen LogP contribution in [0, 0.1) is 5.92 Å². The maximum Gasteiger partial charge on any atom is 0.324 e. The van der Waals surface area contributed by atoms with Gasteiger partial charge in [0.15, 0.2) is 0 Å². The van der Waals surface area contributed by atoms with Gasteiger partial charge in [0.25, 0.3) is 0 Å². The molecule has 1 saturated carbocycles. The van der Waals surface area contributed by atoms with Gasteiger partial charge in [0, 0.05) is 12.6 Å². The predicted molar refractivity (Wildman–Crippen MR) is 90.3 cm³/mol. The van der Waals surface area contributed by atoms with E-state index in [1.54, 1.807) is 0 Å². The third-order valence-electron chi connectivity index (χ3n) is 5.59. The minimum Gasteiger partial charge on any atom is -0.459 e. The Hall–Kier alpha value is -0.610. The first-order valence-corrected chi connectivity index (χ1v) is 9.56. The standard InChI is InChI=1S/C19H33NO3/c1-19(2,3)23-18(21)17(14-8-4-5-9-14)20-12-6-10-15(20)16-11-7-13-22-16/h14-17H,4-13H2,1-3H3/t15-,16+,17+/m1/s1. The Morgan fingerprint density at radius 1 is 1.09 bits per heavy atom. The molecule has 3 rings (SSSR count). The van der Waals surface area contributed by atoms with Crippen LogP contribution in [0.25, 0.3) is 0 Å². The van der Waals surface area contributed by atoms with Crippen molar-refractivity contribution in [3.63, 3.8) is 0 Å². The van der Waals surface area contributed by atoms with E-state index in [1.807, 2.05) is 20.8 Å². The van der Waals surface area contributed by atoms with Crippen LogP contribution < -0.4 is 0 Å². The van der Waals surface area contributed by atoms with Gasteiger partial charge in [-0.25, -0.2) is 0 Å². The number of hydrogen-bond donors (Lipinski definition) is 0. The number of rotatable bonds is 4. The smallest absolute Gasteiger partial charge is 0.324 e. The summed E-state index contributed by atoms with van der Waals surface area (Å²) in [6.45, 7) is 7.81. The molecule has 0 aromatic heterocycles. The van der Waals surface area contributed by atoms with Crippen molar-refractivity contribution in [2.75, 3.05) is 13.2 Å². The van der Waals surface area contributed by atoms with Crippen LogP contribution in [0.4, 0.5) is 0 Å². The normalized spacial score (nSPS) is 31.6. The van der Waals surface area contributed by atoms with Crippen LogP contribution in [0.2, 0.25) is 0 Å². The van der Waals surface area contributed by atoms with Crippen LogP contribution in [-0.2, 0) is 14.3 Å². The zero-order valence-electron chi connectivity index (χ0n) is 15.1. The summed E-state index contributed by atoms with van der Waals surface area (Å²) >= 11 is 0. The molecule has 0 aromatic rings. The fourth-order valence-corrected chi connectivity index (χ4v) is 4.70. The topological polar surface area (TPSA) is 38.8 Å². The first kappa shape index (κ1) is 17.2. The molecule has 0 bridgehead atoms. The SMILES string of the molecule is CC(C)(C)OC(=O)[C@H](C1CCCC1)N1CCC[C@@H]1[C@@H]1CCCO1. The van der Waals surface area contributed by atoms with E-state index in [1.165, 1.54) is 32.1 Å². The number of carbonyl (C=O) groups excluding carboxylic acids is 1. The van der Waals surface area contributed by atoms with Crippen LogP contribution in [-0.4, -0.2) is 47.8 Å². The third-order valence-corrected chi connectivity index (χ3v) is 5.59. The highest BCUT2D eigenvalue weighted by molar-refractivity contribution is 5.77. The van der Waals surface area contributed by atoms with Crippen molar-refractivity contribution < 1.29 is 14.3 Å². The number of hydrogen-bond acceptors (Lipinski definition) is 4. The average molecular weight is 323 g/mol. The van der Waals surface area contributed by atoms with E-state index in [9.17, 15) is 4.79 Å².